The van der Waals surface area contributed by atoms with Crippen LogP contribution < -0.4 is 15.1 Å². The minimum Gasteiger partial charge on any atom is -0.378 e. The van der Waals surface area contributed by atoms with Gasteiger partial charge in [0.25, 0.3) is 0 Å². The smallest absolute Gasteiger partial charge is 0.227 e. The fourth-order valence-corrected chi connectivity index (χ4v) is 5.01. The first-order valence-electron chi connectivity index (χ1n) is 11.5. The third-order valence-electron chi connectivity index (χ3n) is 6.85. The molecular weight excluding hydrogens is 416 g/mol. The molecule has 3 aliphatic rings. The summed E-state index contributed by atoms with van der Waals surface area (Å²) in [5, 5.41) is 3.32. The van der Waals surface area contributed by atoms with Gasteiger partial charge in [0.2, 0.25) is 11.9 Å². The Bertz CT molecular complexity index is 1100. The zero-order valence-electron chi connectivity index (χ0n) is 18.8. The van der Waals surface area contributed by atoms with E-state index in [0.29, 0.717) is 31.2 Å². The van der Waals surface area contributed by atoms with Crippen LogP contribution in [0.3, 0.4) is 0 Å². The minimum absolute atomic E-state index is 0.555. The Labute approximate surface area is 193 Å². The van der Waals surface area contributed by atoms with Gasteiger partial charge in [0.15, 0.2) is 0 Å². The summed E-state index contributed by atoms with van der Waals surface area (Å²) in [6, 6.07) is 11.8. The standard InChI is InChI=1S/C24H28N8O/c1-30-15-21-12-20(30)16-32(21)19-4-2-18(3-5-19)28-23-25-7-6-22(29-23)17-13-26-24(27-14-17)31-8-10-33-11-9-31/h2-7,13-14,20-21H,8-12,15-16H2,1H3,(H,25,28,29)/t20-,21-/m0/s1. The number of nitrogens with zero attached hydrogens (tertiary/aromatic N) is 7. The number of anilines is 4. The number of ether oxygens (including phenoxy) is 1. The van der Waals surface area contributed by atoms with Crippen LogP contribution in [0.5, 0.6) is 0 Å². The number of aromatic nitrogens is 4. The summed E-state index contributed by atoms with van der Waals surface area (Å²) < 4.78 is 5.40. The fraction of sp³-hybridized carbons (Fsp3) is 0.417. The molecule has 0 spiro atoms. The monoisotopic (exact) mass is 444 g/mol. The van der Waals surface area contributed by atoms with E-state index in [1.54, 1.807) is 6.20 Å². The second kappa shape index (κ2) is 8.57. The van der Waals surface area contributed by atoms with Crippen LogP contribution in [0.2, 0.25) is 0 Å². The number of piperazine rings is 1. The van der Waals surface area contributed by atoms with Gasteiger partial charge in [-0.05, 0) is 43.8 Å². The molecule has 9 nitrogen and oxygen atoms in total. The number of likely N-dealkylation sites (N-methyl/N-ethyl adjacent to an activating group) is 1. The molecule has 2 bridgehead atoms. The molecule has 0 amide bonds. The van der Waals surface area contributed by atoms with E-state index >= 15 is 0 Å². The van der Waals surface area contributed by atoms with E-state index in [0.717, 1.165) is 49.1 Å². The van der Waals surface area contributed by atoms with E-state index in [4.69, 9.17) is 4.74 Å². The van der Waals surface area contributed by atoms with Gasteiger partial charge in [-0.1, -0.05) is 0 Å². The lowest BCUT2D eigenvalue weighted by molar-refractivity contribution is 0.122. The molecule has 0 unspecified atom stereocenters. The molecule has 6 rings (SSSR count). The predicted octanol–water partition coefficient (Wildman–Crippen LogP) is 2.41. The molecule has 3 aliphatic heterocycles. The van der Waals surface area contributed by atoms with Crippen molar-refractivity contribution in [2.45, 2.75) is 18.5 Å². The molecule has 0 saturated carbocycles. The van der Waals surface area contributed by atoms with Gasteiger partial charge in [-0.15, -0.1) is 0 Å². The predicted molar refractivity (Wildman–Crippen MR) is 128 cm³/mol. The van der Waals surface area contributed by atoms with Crippen molar-refractivity contribution < 1.29 is 4.74 Å². The normalized spacial score (nSPS) is 22.7. The maximum absolute atomic E-state index is 5.40. The number of fused-ring (bicyclic) bond motifs is 2. The van der Waals surface area contributed by atoms with Gasteiger partial charge in [-0.2, -0.15) is 0 Å². The van der Waals surface area contributed by atoms with Crippen LogP contribution in [-0.2, 0) is 4.74 Å². The molecule has 2 atom stereocenters. The summed E-state index contributed by atoms with van der Waals surface area (Å²) >= 11 is 0. The Morgan fingerprint density at radius 2 is 1.73 bits per heavy atom. The van der Waals surface area contributed by atoms with E-state index < -0.39 is 0 Å². The van der Waals surface area contributed by atoms with Crippen molar-refractivity contribution in [1.82, 2.24) is 24.8 Å². The van der Waals surface area contributed by atoms with Gasteiger partial charge in [0, 0.05) is 73.8 Å². The van der Waals surface area contributed by atoms with Crippen molar-refractivity contribution in [2.24, 2.45) is 0 Å². The zero-order valence-corrected chi connectivity index (χ0v) is 18.8. The Kier molecular flexibility index (Phi) is 5.27. The number of rotatable bonds is 5. The second-order valence-electron chi connectivity index (χ2n) is 8.94. The van der Waals surface area contributed by atoms with Crippen LogP contribution in [0.4, 0.5) is 23.3 Å². The Morgan fingerprint density at radius 1 is 0.939 bits per heavy atom. The number of nitrogens with one attached hydrogen (secondary N) is 1. The van der Waals surface area contributed by atoms with Gasteiger partial charge in [-0.25, -0.2) is 19.9 Å². The van der Waals surface area contributed by atoms with Gasteiger partial charge in [-0.3, -0.25) is 4.90 Å². The minimum atomic E-state index is 0.555. The molecule has 3 saturated heterocycles. The molecule has 1 aromatic carbocycles. The first-order chi connectivity index (χ1) is 16.2. The molecular formula is C24H28N8O. The van der Waals surface area contributed by atoms with Crippen LogP contribution in [0.25, 0.3) is 11.3 Å². The van der Waals surface area contributed by atoms with E-state index in [1.807, 2.05) is 18.5 Å². The van der Waals surface area contributed by atoms with Crippen LogP contribution in [0, 0.1) is 0 Å². The largest absolute Gasteiger partial charge is 0.378 e. The Hall–Kier alpha value is -3.30. The lowest BCUT2D eigenvalue weighted by atomic mass is 10.2. The van der Waals surface area contributed by atoms with E-state index in [-0.39, 0.29) is 0 Å². The van der Waals surface area contributed by atoms with Crippen molar-refractivity contribution in [1.29, 1.82) is 0 Å². The summed E-state index contributed by atoms with van der Waals surface area (Å²) in [6.45, 7) is 5.33. The van der Waals surface area contributed by atoms with Crippen molar-refractivity contribution in [3.63, 3.8) is 0 Å². The van der Waals surface area contributed by atoms with Gasteiger partial charge >= 0.3 is 0 Å². The molecule has 9 heteroatoms. The molecule has 1 N–H and O–H groups in total. The number of hydrogen-bond donors (Lipinski definition) is 1. The third kappa shape index (κ3) is 4.09. The average Bonchev–Trinajstić information content (AvgIpc) is 3.45. The number of hydrogen-bond acceptors (Lipinski definition) is 9. The molecule has 3 aromatic rings. The Balaban J connectivity index is 1.13. The lowest BCUT2D eigenvalue weighted by Gasteiger charge is -2.33. The lowest BCUT2D eigenvalue weighted by Crippen LogP contribution is -2.44. The van der Waals surface area contributed by atoms with Crippen molar-refractivity contribution in [2.75, 3.05) is 61.6 Å². The van der Waals surface area contributed by atoms with Crippen LogP contribution >= 0.6 is 0 Å². The van der Waals surface area contributed by atoms with E-state index in [2.05, 4.69) is 71.3 Å². The highest BCUT2D eigenvalue weighted by atomic mass is 16.5. The molecule has 170 valence electrons. The number of likely N-dealkylation sites (tertiary alicyclic amines) is 1. The topological polar surface area (TPSA) is 82.5 Å². The maximum Gasteiger partial charge on any atom is 0.227 e. The van der Waals surface area contributed by atoms with E-state index in [1.165, 1.54) is 12.1 Å². The fourth-order valence-electron chi connectivity index (χ4n) is 5.01. The second-order valence-corrected chi connectivity index (χ2v) is 8.94. The molecule has 5 heterocycles. The quantitative estimate of drug-likeness (QED) is 0.638. The number of morpholine rings is 1. The van der Waals surface area contributed by atoms with Crippen LogP contribution in [-0.4, -0.2) is 83.4 Å². The van der Waals surface area contributed by atoms with Crippen molar-refractivity contribution in [3.05, 3.63) is 48.9 Å². The van der Waals surface area contributed by atoms with Crippen LogP contribution in [0.15, 0.2) is 48.9 Å². The average molecular weight is 445 g/mol. The van der Waals surface area contributed by atoms with Gasteiger partial charge < -0.3 is 19.9 Å². The summed E-state index contributed by atoms with van der Waals surface area (Å²) in [5.41, 5.74) is 3.90. The first-order valence-corrected chi connectivity index (χ1v) is 11.5. The van der Waals surface area contributed by atoms with Crippen molar-refractivity contribution in [3.8, 4) is 11.3 Å². The summed E-state index contributed by atoms with van der Waals surface area (Å²) in [7, 11) is 2.23. The zero-order chi connectivity index (χ0) is 22.2. The van der Waals surface area contributed by atoms with Crippen LogP contribution in [0.1, 0.15) is 6.42 Å². The highest BCUT2D eigenvalue weighted by molar-refractivity contribution is 5.63. The molecule has 3 fully saturated rings. The number of benzene rings is 1. The summed E-state index contributed by atoms with van der Waals surface area (Å²) in [5.74, 6) is 1.28. The first kappa shape index (κ1) is 20.3. The van der Waals surface area contributed by atoms with Gasteiger partial charge in [0.1, 0.15) is 0 Å². The maximum atomic E-state index is 5.40. The third-order valence-corrected chi connectivity index (χ3v) is 6.85. The molecule has 2 aromatic heterocycles. The summed E-state index contributed by atoms with van der Waals surface area (Å²) in [6.07, 6.45) is 6.67. The SMILES string of the molecule is CN1C[C@@H]2C[C@H]1CN2c1ccc(Nc2nccc(-c3cnc(N4CCOCC4)nc3)n2)cc1. The highest BCUT2D eigenvalue weighted by Crippen LogP contribution is 2.34. The van der Waals surface area contributed by atoms with Gasteiger partial charge in [0.05, 0.1) is 18.9 Å². The van der Waals surface area contributed by atoms with E-state index in [9.17, 15) is 0 Å². The molecule has 0 aliphatic carbocycles. The molecule has 0 radical (unpaired) electrons. The highest BCUT2D eigenvalue weighted by Gasteiger charge is 2.41. The molecule has 33 heavy (non-hydrogen) atoms. The summed E-state index contributed by atoms with van der Waals surface area (Å²) in [4.78, 5) is 25.3. The van der Waals surface area contributed by atoms with Crippen molar-refractivity contribution >= 4 is 23.3 Å². The Morgan fingerprint density at radius 3 is 2.42 bits per heavy atom.